The Bertz CT molecular complexity index is 930. The van der Waals surface area contributed by atoms with Crippen LogP contribution in [0.15, 0.2) is 35.1 Å². The van der Waals surface area contributed by atoms with Crippen molar-refractivity contribution in [2.75, 3.05) is 6.61 Å². The molecular formula is C17H17N5O3. The highest BCUT2D eigenvalue weighted by atomic mass is 16.5. The number of benzene rings is 1. The highest BCUT2D eigenvalue weighted by Gasteiger charge is 2.27. The number of carbonyl (C=O) groups excluding carboxylic acids is 1. The molecule has 2 aromatic heterocycles. The number of aryl methyl sites for hydroxylation is 2. The molecule has 128 valence electrons. The molecule has 3 heterocycles. The number of nitrogens with zero attached hydrogens (tertiary/aromatic N) is 4. The fourth-order valence-electron chi connectivity index (χ4n) is 2.76. The SMILES string of the molecule is CCc1nc(-c2ccc3c(c2)OC[C@H]3NC(=O)c2cnn(C)c2)no1. The maximum atomic E-state index is 12.3. The summed E-state index contributed by atoms with van der Waals surface area (Å²) in [5, 5.41) is 11.0. The van der Waals surface area contributed by atoms with Crippen LogP contribution in [0.2, 0.25) is 0 Å². The Morgan fingerprint density at radius 1 is 1.44 bits per heavy atom. The molecule has 1 aliphatic rings. The Labute approximate surface area is 143 Å². The van der Waals surface area contributed by atoms with E-state index in [1.807, 2.05) is 25.1 Å². The summed E-state index contributed by atoms with van der Waals surface area (Å²) in [6, 6.07) is 5.50. The van der Waals surface area contributed by atoms with Gasteiger partial charge in [0, 0.05) is 30.8 Å². The molecule has 0 saturated carbocycles. The molecule has 8 nitrogen and oxygen atoms in total. The first-order valence-electron chi connectivity index (χ1n) is 8.03. The minimum Gasteiger partial charge on any atom is -0.491 e. The maximum Gasteiger partial charge on any atom is 0.255 e. The van der Waals surface area contributed by atoms with E-state index in [9.17, 15) is 4.79 Å². The second-order valence-corrected chi connectivity index (χ2v) is 5.86. The van der Waals surface area contributed by atoms with Crippen LogP contribution in [0, 0.1) is 0 Å². The molecular weight excluding hydrogens is 322 g/mol. The van der Waals surface area contributed by atoms with Gasteiger partial charge in [0.1, 0.15) is 12.4 Å². The largest absolute Gasteiger partial charge is 0.491 e. The van der Waals surface area contributed by atoms with Gasteiger partial charge in [0.05, 0.1) is 17.8 Å². The lowest BCUT2D eigenvalue weighted by Gasteiger charge is -2.10. The Kier molecular flexibility index (Phi) is 3.72. The van der Waals surface area contributed by atoms with Crippen LogP contribution in [-0.2, 0) is 13.5 Å². The number of amides is 1. The fourth-order valence-corrected chi connectivity index (χ4v) is 2.76. The predicted molar refractivity (Wildman–Crippen MR) is 88.0 cm³/mol. The van der Waals surface area contributed by atoms with Crippen molar-refractivity contribution in [3.63, 3.8) is 0 Å². The van der Waals surface area contributed by atoms with Gasteiger partial charge in [-0.2, -0.15) is 10.1 Å². The summed E-state index contributed by atoms with van der Waals surface area (Å²) in [5.74, 6) is 1.67. The molecule has 1 aromatic carbocycles. The molecule has 25 heavy (non-hydrogen) atoms. The van der Waals surface area contributed by atoms with Gasteiger partial charge in [0.2, 0.25) is 11.7 Å². The lowest BCUT2D eigenvalue weighted by Crippen LogP contribution is -2.29. The number of carbonyl (C=O) groups is 1. The normalized spacial score (nSPS) is 15.7. The second-order valence-electron chi connectivity index (χ2n) is 5.86. The number of rotatable bonds is 4. The molecule has 1 amide bonds. The first-order chi connectivity index (χ1) is 12.1. The Balaban J connectivity index is 1.54. The van der Waals surface area contributed by atoms with E-state index in [1.165, 1.54) is 6.20 Å². The number of fused-ring (bicyclic) bond motifs is 1. The number of nitrogens with one attached hydrogen (secondary N) is 1. The molecule has 0 aliphatic carbocycles. The molecule has 1 atom stereocenters. The van der Waals surface area contributed by atoms with Crippen molar-refractivity contribution in [1.82, 2.24) is 25.2 Å². The third-order valence-electron chi connectivity index (χ3n) is 4.10. The standard InChI is InChI=1S/C17H17N5O3/c1-3-15-20-16(21-25-15)10-4-5-12-13(9-24-14(12)6-10)19-17(23)11-7-18-22(2)8-11/h4-8,13H,3,9H2,1-2H3,(H,19,23)/t13-/m1/s1. The molecule has 0 bridgehead atoms. The maximum absolute atomic E-state index is 12.3. The monoisotopic (exact) mass is 339 g/mol. The third-order valence-corrected chi connectivity index (χ3v) is 4.10. The molecule has 0 unspecified atom stereocenters. The van der Waals surface area contributed by atoms with Crippen molar-refractivity contribution in [1.29, 1.82) is 0 Å². The van der Waals surface area contributed by atoms with E-state index in [0.29, 0.717) is 30.3 Å². The first kappa shape index (κ1) is 15.4. The molecule has 0 radical (unpaired) electrons. The highest BCUT2D eigenvalue weighted by Crippen LogP contribution is 2.35. The summed E-state index contributed by atoms with van der Waals surface area (Å²) in [6.45, 7) is 2.34. The lowest BCUT2D eigenvalue weighted by molar-refractivity contribution is 0.0930. The quantitative estimate of drug-likeness (QED) is 0.780. The zero-order valence-electron chi connectivity index (χ0n) is 13.9. The number of ether oxygens (including phenoxy) is 1. The Morgan fingerprint density at radius 3 is 3.04 bits per heavy atom. The van der Waals surface area contributed by atoms with Crippen molar-refractivity contribution in [3.8, 4) is 17.1 Å². The van der Waals surface area contributed by atoms with Crippen LogP contribution >= 0.6 is 0 Å². The van der Waals surface area contributed by atoms with E-state index < -0.39 is 0 Å². The van der Waals surface area contributed by atoms with Gasteiger partial charge < -0.3 is 14.6 Å². The molecule has 1 aliphatic heterocycles. The third kappa shape index (κ3) is 2.86. The number of aromatic nitrogens is 4. The molecule has 4 rings (SSSR count). The predicted octanol–water partition coefficient (Wildman–Crippen LogP) is 1.90. The first-order valence-corrected chi connectivity index (χ1v) is 8.03. The summed E-state index contributed by atoms with van der Waals surface area (Å²) in [7, 11) is 1.77. The number of hydrogen-bond acceptors (Lipinski definition) is 6. The summed E-state index contributed by atoms with van der Waals surface area (Å²) >= 11 is 0. The highest BCUT2D eigenvalue weighted by molar-refractivity contribution is 5.94. The second kappa shape index (κ2) is 6.04. The topological polar surface area (TPSA) is 95.1 Å². The van der Waals surface area contributed by atoms with Crippen LogP contribution in [0.5, 0.6) is 5.75 Å². The van der Waals surface area contributed by atoms with E-state index in [1.54, 1.807) is 17.9 Å². The van der Waals surface area contributed by atoms with Gasteiger partial charge in [0.15, 0.2) is 0 Å². The minimum atomic E-state index is -0.201. The van der Waals surface area contributed by atoms with Crippen LogP contribution in [0.4, 0.5) is 0 Å². The van der Waals surface area contributed by atoms with Crippen LogP contribution < -0.4 is 10.1 Å². The van der Waals surface area contributed by atoms with Crippen LogP contribution in [0.3, 0.4) is 0 Å². The van der Waals surface area contributed by atoms with Gasteiger partial charge in [-0.3, -0.25) is 9.48 Å². The molecule has 0 spiro atoms. The van der Waals surface area contributed by atoms with Crippen LogP contribution in [-0.4, -0.2) is 32.4 Å². The Morgan fingerprint density at radius 2 is 2.32 bits per heavy atom. The minimum absolute atomic E-state index is 0.176. The fraction of sp³-hybridized carbons (Fsp3) is 0.294. The van der Waals surface area contributed by atoms with Crippen molar-refractivity contribution in [3.05, 3.63) is 47.6 Å². The molecule has 8 heteroatoms. The summed E-state index contributed by atoms with van der Waals surface area (Å²) in [6.07, 6.45) is 3.91. The van der Waals surface area contributed by atoms with Crippen LogP contribution in [0.25, 0.3) is 11.4 Å². The smallest absolute Gasteiger partial charge is 0.255 e. The average molecular weight is 339 g/mol. The lowest BCUT2D eigenvalue weighted by atomic mass is 10.1. The zero-order valence-corrected chi connectivity index (χ0v) is 13.9. The zero-order chi connectivity index (χ0) is 17.4. The molecule has 1 N–H and O–H groups in total. The molecule has 3 aromatic rings. The van der Waals surface area contributed by atoms with Crippen LogP contribution in [0.1, 0.15) is 34.8 Å². The van der Waals surface area contributed by atoms with E-state index in [0.717, 1.165) is 16.9 Å². The van der Waals surface area contributed by atoms with E-state index in [2.05, 4.69) is 20.6 Å². The van der Waals surface area contributed by atoms with Gasteiger partial charge in [-0.1, -0.05) is 24.2 Å². The van der Waals surface area contributed by atoms with Gasteiger partial charge in [-0.25, -0.2) is 0 Å². The van der Waals surface area contributed by atoms with Crippen molar-refractivity contribution in [2.24, 2.45) is 7.05 Å². The van der Waals surface area contributed by atoms with Crippen molar-refractivity contribution >= 4 is 5.91 Å². The summed E-state index contributed by atoms with van der Waals surface area (Å²) < 4.78 is 12.5. The summed E-state index contributed by atoms with van der Waals surface area (Å²) in [5.41, 5.74) is 2.27. The van der Waals surface area contributed by atoms with Gasteiger partial charge in [-0.15, -0.1) is 0 Å². The van der Waals surface area contributed by atoms with E-state index in [4.69, 9.17) is 9.26 Å². The van der Waals surface area contributed by atoms with Crippen molar-refractivity contribution in [2.45, 2.75) is 19.4 Å². The molecule has 0 fully saturated rings. The average Bonchev–Trinajstić information content (AvgIpc) is 3.34. The van der Waals surface area contributed by atoms with E-state index >= 15 is 0 Å². The number of hydrogen-bond donors (Lipinski definition) is 1. The summed E-state index contributed by atoms with van der Waals surface area (Å²) in [4.78, 5) is 16.6. The van der Waals surface area contributed by atoms with Gasteiger partial charge in [0.25, 0.3) is 5.91 Å². The van der Waals surface area contributed by atoms with E-state index in [-0.39, 0.29) is 11.9 Å². The Hall–Kier alpha value is -3.16. The van der Waals surface area contributed by atoms with Gasteiger partial charge >= 0.3 is 0 Å². The van der Waals surface area contributed by atoms with Crippen molar-refractivity contribution < 1.29 is 14.1 Å². The van der Waals surface area contributed by atoms with Gasteiger partial charge in [-0.05, 0) is 6.07 Å². The molecule has 0 saturated heterocycles.